The SMILES string of the molecule is CCc1nn(-c2ccc(OC)cc2)c(Oc2ccc(F)cc2)c1CCC(=O)Nc1ccc(C)cc1. The summed E-state index contributed by atoms with van der Waals surface area (Å²) < 4.78 is 26.7. The third-order valence-corrected chi connectivity index (χ3v) is 5.64. The van der Waals surface area contributed by atoms with Gasteiger partial charge in [0.15, 0.2) is 0 Å². The summed E-state index contributed by atoms with van der Waals surface area (Å²) in [4.78, 5) is 12.7. The Morgan fingerprint density at radius 3 is 2.26 bits per heavy atom. The summed E-state index contributed by atoms with van der Waals surface area (Å²) in [6.07, 6.45) is 1.36. The summed E-state index contributed by atoms with van der Waals surface area (Å²) in [5.41, 5.74) is 4.35. The minimum Gasteiger partial charge on any atom is -0.497 e. The minimum atomic E-state index is -0.344. The lowest BCUT2D eigenvalue weighted by molar-refractivity contribution is -0.116. The highest BCUT2D eigenvalue weighted by Gasteiger charge is 2.21. The monoisotopic (exact) mass is 473 g/mol. The summed E-state index contributed by atoms with van der Waals surface area (Å²) in [6.45, 7) is 4.01. The van der Waals surface area contributed by atoms with E-state index in [1.165, 1.54) is 12.1 Å². The van der Waals surface area contributed by atoms with Crippen LogP contribution in [0.15, 0.2) is 72.8 Å². The van der Waals surface area contributed by atoms with Crippen LogP contribution in [0.4, 0.5) is 10.1 Å². The van der Waals surface area contributed by atoms with Crippen LogP contribution in [0, 0.1) is 12.7 Å². The Hall–Kier alpha value is -4.13. The second-order valence-electron chi connectivity index (χ2n) is 8.16. The molecule has 0 saturated heterocycles. The summed E-state index contributed by atoms with van der Waals surface area (Å²) in [5, 5.41) is 7.73. The zero-order chi connectivity index (χ0) is 24.8. The van der Waals surface area contributed by atoms with Gasteiger partial charge in [0, 0.05) is 17.7 Å². The summed E-state index contributed by atoms with van der Waals surface area (Å²) in [5.74, 6) is 1.27. The van der Waals surface area contributed by atoms with Gasteiger partial charge in [-0.3, -0.25) is 4.79 Å². The highest BCUT2D eigenvalue weighted by atomic mass is 19.1. The van der Waals surface area contributed by atoms with Crippen molar-refractivity contribution >= 4 is 11.6 Å². The third-order valence-electron chi connectivity index (χ3n) is 5.64. The van der Waals surface area contributed by atoms with E-state index >= 15 is 0 Å². The molecule has 1 heterocycles. The molecule has 0 atom stereocenters. The fourth-order valence-corrected chi connectivity index (χ4v) is 3.73. The molecule has 0 aliphatic carbocycles. The van der Waals surface area contributed by atoms with Gasteiger partial charge >= 0.3 is 0 Å². The summed E-state index contributed by atoms with van der Waals surface area (Å²) in [7, 11) is 1.61. The van der Waals surface area contributed by atoms with Crippen LogP contribution in [-0.4, -0.2) is 22.8 Å². The Morgan fingerprint density at radius 2 is 1.63 bits per heavy atom. The number of amides is 1. The van der Waals surface area contributed by atoms with E-state index in [1.54, 1.807) is 23.9 Å². The molecule has 0 aliphatic rings. The number of hydrogen-bond donors (Lipinski definition) is 1. The van der Waals surface area contributed by atoms with Crippen molar-refractivity contribution in [1.82, 2.24) is 9.78 Å². The van der Waals surface area contributed by atoms with Crippen LogP contribution in [0.5, 0.6) is 17.4 Å². The molecule has 35 heavy (non-hydrogen) atoms. The molecule has 7 heteroatoms. The van der Waals surface area contributed by atoms with Crippen LogP contribution in [0.2, 0.25) is 0 Å². The molecule has 1 amide bonds. The van der Waals surface area contributed by atoms with Crippen molar-refractivity contribution in [1.29, 1.82) is 0 Å². The van der Waals surface area contributed by atoms with E-state index in [1.807, 2.05) is 62.4 Å². The first-order chi connectivity index (χ1) is 17.0. The van der Waals surface area contributed by atoms with Gasteiger partial charge in [-0.2, -0.15) is 5.10 Å². The van der Waals surface area contributed by atoms with E-state index in [0.717, 1.165) is 33.9 Å². The molecule has 0 unspecified atom stereocenters. The zero-order valence-corrected chi connectivity index (χ0v) is 20.0. The van der Waals surface area contributed by atoms with Gasteiger partial charge in [-0.1, -0.05) is 24.6 Å². The number of carbonyl (C=O) groups excluding carboxylic acids is 1. The molecule has 0 bridgehead atoms. The maximum Gasteiger partial charge on any atom is 0.226 e. The number of aromatic nitrogens is 2. The van der Waals surface area contributed by atoms with Crippen molar-refractivity contribution < 1.29 is 18.7 Å². The van der Waals surface area contributed by atoms with Gasteiger partial charge in [0.1, 0.15) is 17.3 Å². The van der Waals surface area contributed by atoms with E-state index in [9.17, 15) is 9.18 Å². The topological polar surface area (TPSA) is 65.4 Å². The number of methoxy groups -OCH3 is 1. The van der Waals surface area contributed by atoms with E-state index in [0.29, 0.717) is 24.5 Å². The standard InChI is InChI=1S/C28H28FN3O3/c1-4-26-25(17-18-27(33)30-21-9-5-19(2)6-10-21)28(35-24-13-7-20(29)8-14-24)32(31-26)22-11-15-23(34-3)16-12-22/h5-16H,4,17-18H2,1-3H3,(H,30,33). The molecule has 0 aliphatic heterocycles. The van der Waals surface area contributed by atoms with Crippen molar-refractivity contribution in [3.05, 3.63) is 95.4 Å². The number of anilines is 1. The molecule has 4 aromatic rings. The Kier molecular flexibility index (Phi) is 7.45. The molecule has 0 fully saturated rings. The molecule has 1 N–H and O–H groups in total. The average molecular weight is 474 g/mol. The predicted octanol–water partition coefficient (Wildman–Crippen LogP) is 6.25. The van der Waals surface area contributed by atoms with Crippen LogP contribution in [0.1, 0.15) is 30.2 Å². The number of ether oxygens (including phenoxy) is 2. The van der Waals surface area contributed by atoms with Crippen LogP contribution < -0.4 is 14.8 Å². The first kappa shape index (κ1) is 24.0. The number of halogens is 1. The Morgan fingerprint density at radius 1 is 0.971 bits per heavy atom. The lowest BCUT2D eigenvalue weighted by atomic mass is 10.1. The maximum absolute atomic E-state index is 13.5. The molecule has 3 aromatic carbocycles. The molecule has 0 radical (unpaired) electrons. The molecule has 0 spiro atoms. The number of carbonyl (C=O) groups is 1. The van der Waals surface area contributed by atoms with Gasteiger partial charge in [-0.05, 0) is 80.4 Å². The number of nitrogens with one attached hydrogen (secondary N) is 1. The predicted molar refractivity (Wildman–Crippen MR) is 134 cm³/mol. The lowest BCUT2D eigenvalue weighted by Crippen LogP contribution is -2.12. The first-order valence-electron chi connectivity index (χ1n) is 11.5. The van der Waals surface area contributed by atoms with Crippen molar-refractivity contribution in [3.8, 4) is 23.1 Å². The highest BCUT2D eigenvalue weighted by Crippen LogP contribution is 2.33. The normalized spacial score (nSPS) is 10.7. The molecule has 6 nitrogen and oxygen atoms in total. The van der Waals surface area contributed by atoms with Crippen molar-refractivity contribution in [3.63, 3.8) is 0 Å². The van der Waals surface area contributed by atoms with Crippen LogP contribution in [0.3, 0.4) is 0 Å². The molecular weight excluding hydrogens is 445 g/mol. The smallest absolute Gasteiger partial charge is 0.226 e. The Bertz CT molecular complexity index is 1280. The lowest BCUT2D eigenvalue weighted by Gasteiger charge is -2.12. The first-order valence-corrected chi connectivity index (χ1v) is 11.5. The Labute approximate surface area is 204 Å². The van der Waals surface area contributed by atoms with Gasteiger partial charge < -0.3 is 14.8 Å². The van der Waals surface area contributed by atoms with Crippen LogP contribution >= 0.6 is 0 Å². The maximum atomic E-state index is 13.5. The quantitative estimate of drug-likeness (QED) is 0.312. The van der Waals surface area contributed by atoms with E-state index in [-0.39, 0.29) is 18.1 Å². The van der Waals surface area contributed by atoms with Crippen molar-refractivity contribution in [2.45, 2.75) is 33.1 Å². The van der Waals surface area contributed by atoms with Crippen LogP contribution in [-0.2, 0) is 17.6 Å². The molecule has 0 saturated carbocycles. The number of nitrogens with zero attached hydrogens (tertiary/aromatic N) is 2. The minimum absolute atomic E-state index is 0.0964. The Balaban J connectivity index is 1.64. The largest absolute Gasteiger partial charge is 0.497 e. The number of benzene rings is 3. The molecular formula is C28H28FN3O3. The van der Waals surface area contributed by atoms with E-state index in [2.05, 4.69) is 5.32 Å². The third kappa shape index (κ3) is 5.87. The van der Waals surface area contributed by atoms with Crippen molar-refractivity contribution in [2.75, 3.05) is 12.4 Å². The van der Waals surface area contributed by atoms with Gasteiger partial charge in [0.05, 0.1) is 18.5 Å². The number of aryl methyl sites for hydroxylation is 2. The van der Waals surface area contributed by atoms with Gasteiger partial charge in [-0.15, -0.1) is 0 Å². The molecule has 180 valence electrons. The fourth-order valence-electron chi connectivity index (χ4n) is 3.73. The van der Waals surface area contributed by atoms with E-state index < -0.39 is 0 Å². The van der Waals surface area contributed by atoms with E-state index in [4.69, 9.17) is 14.6 Å². The summed E-state index contributed by atoms with van der Waals surface area (Å²) in [6, 6.07) is 21.0. The second kappa shape index (κ2) is 10.9. The molecule has 4 rings (SSSR count). The van der Waals surface area contributed by atoms with Gasteiger partial charge in [0.2, 0.25) is 11.8 Å². The van der Waals surface area contributed by atoms with Crippen molar-refractivity contribution in [2.24, 2.45) is 0 Å². The van der Waals surface area contributed by atoms with Gasteiger partial charge in [0.25, 0.3) is 0 Å². The average Bonchev–Trinajstić information content (AvgIpc) is 3.22. The molecule has 1 aromatic heterocycles. The zero-order valence-electron chi connectivity index (χ0n) is 20.0. The fraction of sp³-hybridized carbons (Fsp3) is 0.214. The highest BCUT2D eigenvalue weighted by molar-refractivity contribution is 5.90. The van der Waals surface area contributed by atoms with Crippen LogP contribution in [0.25, 0.3) is 5.69 Å². The second-order valence-corrected chi connectivity index (χ2v) is 8.16. The summed E-state index contributed by atoms with van der Waals surface area (Å²) >= 11 is 0. The van der Waals surface area contributed by atoms with Gasteiger partial charge in [-0.25, -0.2) is 9.07 Å². The number of hydrogen-bond acceptors (Lipinski definition) is 4. The number of rotatable bonds is 9.